The standard InChI is InChI=1S/C13H15FO4/c1-16-5-6-17-8-11(15)12-7-9-3-2-4-10(14)13(9)18-12/h2-4,7,11,15H,5-6,8H2,1H3. The summed E-state index contributed by atoms with van der Waals surface area (Å²) in [5.74, 6) is -0.140. The maximum absolute atomic E-state index is 13.4. The lowest BCUT2D eigenvalue weighted by molar-refractivity contribution is 0.00519. The number of benzene rings is 1. The van der Waals surface area contributed by atoms with Crippen LogP contribution in [0.25, 0.3) is 11.0 Å². The number of aliphatic hydroxyl groups excluding tert-OH is 1. The molecule has 0 saturated heterocycles. The molecule has 5 heteroatoms. The smallest absolute Gasteiger partial charge is 0.170 e. The molecule has 1 aromatic carbocycles. The van der Waals surface area contributed by atoms with E-state index in [0.717, 1.165) is 0 Å². The van der Waals surface area contributed by atoms with Gasteiger partial charge >= 0.3 is 0 Å². The molecule has 0 radical (unpaired) electrons. The minimum atomic E-state index is -0.909. The molecule has 0 aliphatic rings. The van der Waals surface area contributed by atoms with Crippen molar-refractivity contribution < 1.29 is 23.4 Å². The highest BCUT2D eigenvalue weighted by Gasteiger charge is 2.15. The van der Waals surface area contributed by atoms with E-state index in [4.69, 9.17) is 13.9 Å². The van der Waals surface area contributed by atoms with Crippen LogP contribution in [-0.2, 0) is 9.47 Å². The summed E-state index contributed by atoms with van der Waals surface area (Å²) in [7, 11) is 1.57. The van der Waals surface area contributed by atoms with Gasteiger partial charge in [0, 0.05) is 12.5 Å². The average Bonchev–Trinajstić information content (AvgIpc) is 2.80. The number of ether oxygens (including phenoxy) is 2. The third-order valence-electron chi connectivity index (χ3n) is 2.55. The van der Waals surface area contributed by atoms with Crippen molar-refractivity contribution in [1.82, 2.24) is 0 Å². The molecule has 1 aromatic heterocycles. The number of hydrogen-bond acceptors (Lipinski definition) is 4. The molecular formula is C13H15FO4. The Labute approximate surface area is 104 Å². The van der Waals surface area contributed by atoms with Crippen LogP contribution in [0.3, 0.4) is 0 Å². The largest absolute Gasteiger partial charge is 0.455 e. The summed E-state index contributed by atoms with van der Waals surface area (Å²) >= 11 is 0. The van der Waals surface area contributed by atoms with E-state index < -0.39 is 11.9 Å². The molecule has 0 aliphatic carbocycles. The second-order valence-corrected chi connectivity index (χ2v) is 3.89. The number of furan rings is 1. The zero-order chi connectivity index (χ0) is 13.0. The van der Waals surface area contributed by atoms with Crippen molar-refractivity contribution in [1.29, 1.82) is 0 Å². The van der Waals surface area contributed by atoms with Crippen molar-refractivity contribution in [3.63, 3.8) is 0 Å². The van der Waals surface area contributed by atoms with Gasteiger partial charge in [0.05, 0.1) is 19.8 Å². The second kappa shape index (κ2) is 5.95. The number of para-hydroxylation sites is 1. The first-order valence-electron chi connectivity index (χ1n) is 5.65. The zero-order valence-electron chi connectivity index (χ0n) is 10.1. The third kappa shape index (κ3) is 2.87. The number of fused-ring (bicyclic) bond motifs is 1. The Balaban J connectivity index is 2.04. The van der Waals surface area contributed by atoms with Crippen LogP contribution in [0.5, 0.6) is 0 Å². The Morgan fingerprint density at radius 1 is 1.39 bits per heavy atom. The maximum atomic E-state index is 13.4. The number of halogens is 1. The number of rotatable bonds is 6. The molecule has 0 fully saturated rings. The van der Waals surface area contributed by atoms with Crippen LogP contribution in [0.2, 0.25) is 0 Å². The molecule has 1 atom stereocenters. The van der Waals surface area contributed by atoms with Gasteiger partial charge in [-0.2, -0.15) is 0 Å². The molecule has 1 unspecified atom stereocenters. The summed E-state index contributed by atoms with van der Waals surface area (Å²) in [5.41, 5.74) is 0.156. The molecule has 2 aromatic rings. The van der Waals surface area contributed by atoms with Gasteiger partial charge in [-0.05, 0) is 12.1 Å². The maximum Gasteiger partial charge on any atom is 0.170 e. The summed E-state index contributed by atoms with van der Waals surface area (Å²) < 4.78 is 28.7. The number of methoxy groups -OCH3 is 1. The van der Waals surface area contributed by atoms with Gasteiger partial charge in [0.2, 0.25) is 0 Å². The van der Waals surface area contributed by atoms with E-state index in [-0.39, 0.29) is 12.2 Å². The molecule has 4 nitrogen and oxygen atoms in total. The first-order chi connectivity index (χ1) is 8.72. The second-order valence-electron chi connectivity index (χ2n) is 3.89. The number of hydrogen-bond donors (Lipinski definition) is 1. The minimum absolute atomic E-state index is 0.0881. The summed E-state index contributed by atoms with van der Waals surface area (Å²) in [6.07, 6.45) is -0.909. The van der Waals surface area contributed by atoms with Crippen LogP contribution >= 0.6 is 0 Å². The van der Waals surface area contributed by atoms with Gasteiger partial charge in [0.25, 0.3) is 0 Å². The van der Waals surface area contributed by atoms with E-state index in [1.165, 1.54) is 6.07 Å². The third-order valence-corrected chi connectivity index (χ3v) is 2.55. The summed E-state index contributed by atoms with van der Waals surface area (Å²) in [5, 5.41) is 10.5. The summed E-state index contributed by atoms with van der Waals surface area (Å²) in [4.78, 5) is 0. The van der Waals surface area contributed by atoms with Crippen molar-refractivity contribution in [2.45, 2.75) is 6.10 Å². The first-order valence-corrected chi connectivity index (χ1v) is 5.65. The van der Waals surface area contributed by atoms with Crippen LogP contribution in [0.1, 0.15) is 11.9 Å². The molecule has 18 heavy (non-hydrogen) atoms. The van der Waals surface area contributed by atoms with E-state index >= 15 is 0 Å². The normalized spacial score (nSPS) is 13.1. The van der Waals surface area contributed by atoms with E-state index in [1.807, 2.05) is 0 Å². The Hall–Kier alpha value is -1.43. The van der Waals surface area contributed by atoms with Gasteiger partial charge in [0.1, 0.15) is 11.9 Å². The fourth-order valence-electron chi connectivity index (χ4n) is 1.63. The highest BCUT2D eigenvalue weighted by molar-refractivity contribution is 5.78. The highest BCUT2D eigenvalue weighted by Crippen LogP contribution is 2.26. The van der Waals surface area contributed by atoms with Crippen LogP contribution in [0, 0.1) is 5.82 Å². The summed E-state index contributed by atoms with van der Waals surface area (Å²) in [6.45, 7) is 0.939. The molecular weight excluding hydrogens is 239 g/mol. The molecule has 98 valence electrons. The quantitative estimate of drug-likeness (QED) is 0.803. The predicted molar refractivity (Wildman–Crippen MR) is 63.8 cm³/mol. The van der Waals surface area contributed by atoms with Crippen LogP contribution in [0.15, 0.2) is 28.7 Å². The Morgan fingerprint density at radius 2 is 2.22 bits per heavy atom. The number of aliphatic hydroxyl groups is 1. The lowest BCUT2D eigenvalue weighted by Gasteiger charge is -2.08. The van der Waals surface area contributed by atoms with Gasteiger partial charge < -0.3 is 19.0 Å². The Bertz CT molecular complexity index is 509. The molecule has 0 saturated carbocycles. The first kappa shape index (κ1) is 13.0. The van der Waals surface area contributed by atoms with Gasteiger partial charge in [-0.3, -0.25) is 0 Å². The van der Waals surface area contributed by atoms with Crippen molar-refractivity contribution in [3.05, 3.63) is 35.8 Å². The highest BCUT2D eigenvalue weighted by atomic mass is 19.1. The Kier molecular flexibility index (Phi) is 4.30. The van der Waals surface area contributed by atoms with E-state index in [9.17, 15) is 9.50 Å². The lowest BCUT2D eigenvalue weighted by atomic mass is 10.2. The Morgan fingerprint density at radius 3 is 2.94 bits per heavy atom. The van der Waals surface area contributed by atoms with Gasteiger partial charge in [0.15, 0.2) is 11.4 Å². The monoisotopic (exact) mass is 254 g/mol. The van der Waals surface area contributed by atoms with Crippen molar-refractivity contribution in [2.75, 3.05) is 26.9 Å². The topological polar surface area (TPSA) is 51.8 Å². The lowest BCUT2D eigenvalue weighted by Crippen LogP contribution is -2.09. The SMILES string of the molecule is COCCOCC(O)c1cc2cccc(F)c2o1. The minimum Gasteiger partial charge on any atom is -0.455 e. The predicted octanol–water partition coefficient (Wildman–Crippen LogP) is 2.27. The average molecular weight is 254 g/mol. The molecule has 1 N–H and O–H groups in total. The molecule has 0 aliphatic heterocycles. The van der Waals surface area contributed by atoms with Gasteiger partial charge in [-0.15, -0.1) is 0 Å². The fraction of sp³-hybridized carbons (Fsp3) is 0.385. The van der Waals surface area contributed by atoms with Gasteiger partial charge in [-0.1, -0.05) is 12.1 Å². The fourth-order valence-corrected chi connectivity index (χ4v) is 1.63. The molecule has 0 spiro atoms. The van der Waals surface area contributed by atoms with Crippen LogP contribution in [-0.4, -0.2) is 32.0 Å². The van der Waals surface area contributed by atoms with Crippen molar-refractivity contribution in [2.24, 2.45) is 0 Å². The molecule has 0 amide bonds. The van der Waals surface area contributed by atoms with Gasteiger partial charge in [-0.25, -0.2) is 4.39 Å². The van der Waals surface area contributed by atoms with E-state index in [0.29, 0.717) is 24.4 Å². The summed E-state index contributed by atoms with van der Waals surface area (Å²) in [6, 6.07) is 6.25. The van der Waals surface area contributed by atoms with Crippen LogP contribution < -0.4 is 0 Å². The van der Waals surface area contributed by atoms with Crippen molar-refractivity contribution in [3.8, 4) is 0 Å². The molecule has 2 rings (SSSR count). The molecule has 0 bridgehead atoms. The zero-order valence-corrected chi connectivity index (χ0v) is 10.1. The van der Waals surface area contributed by atoms with E-state index in [2.05, 4.69) is 0 Å². The van der Waals surface area contributed by atoms with Crippen molar-refractivity contribution >= 4 is 11.0 Å². The van der Waals surface area contributed by atoms with E-state index in [1.54, 1.807) is 25.3 Å². The van der Waals surface area contributed by atoms with Crippen LogP contribution in [0.4, 0.5) is 4.39 Å². The molecule has 1 heterocycles.